The molecule has 0 spiro atoms. The summed E-state index contributed by atoms with van der Waals surface area (Å²) in [5.41, 5.74) is 3.27. The summed E-state index contributed by atoms with van der Waals surface area (Å²) in [6.45, 7) is 5.85. The highest BCUT2D eigenvalue weighted by atomic mass is 16.5. The summed E-state index contributed by atoms with van der Waals surface area (Å²) < 4.78 is 11.4. The zero-order chi connectivity index (χ0) is 22.2. The summed E-state index contributed by atoms with van der Waals surface area (Å²) in [6, 6.07) is 15.6. The molecule has 5 heteroatoms. The van der Waals surface area contributed by atoms with Gasteiger partial charge in [0.2, 0.25) is 0 Å². The van der Waals surface area contributed by atoms with Crippen LogP contribution in [0.5, 0.6) is 5.75 Å². The molecule has 1 N–H and O–H groups in total. The van der Waals surface area contributed by atoms with Gasteiger partial charge in [-0.3, -0.25) is 0 Å². The van der Waals surface area contributed by atoms with E-state index in [2.05, 4.69) is 12.1 Å². The van der Waals surface area contributed by atoms with Crippen LogP contribution in [0.25, 0.3) is 6.08 Å². The maximum absolute atomic E-state index is 12.7. The average molecular weight is 418 g/mol. The summed E-state index contributed by atoms with van der Waals surface area (Å²) >= 11 is 0. The van der Waals surface area contributed by atoms with Gasteiger partial charge in [0.05, 0.1) is 18.2 Å². The van der Waals surface area contributed by atoms with E-state index in [1.807, 2.05) is 44.2 Å². The first-order chi connectivity index (χ1) is 14.8. The third kappa shape index (κ3) is 3.96. The molecule has 5 nitrogen and oxygen atoms in total. The Bertz CT molecular complexity index is 1080. The zero-order valence-corrected chi connectivity index (χ0v) is 18.1. The molecular formula is C26H27NO4. The fourth-order valence-electron chi connectivity index (χ4n) is 4.79. The third-order valence-corrected chi connectivity index (χ3v) is 6.32. The number of rotatable bonds is 3. The van der Waals surface area contributed by atoms with E-state index in [1.54, 1.807) is 19.1 Å². The largest absolute Gasteiger partial charge is 0.485 e. The summed E-state index contributed by atoms with van der Waals surface area (Å²) in [5, 5.41) is 20.8. The molecule has 1 aliphatic carbocycles. The summed E-state index contributed by atoms with van der Waals surface area (Å²) in [7, 11) is 0. The molecular weight excluding hydrogens is 390 g/mol. The van der Waals surface area contributed by atoms with Crippen molar-refractivity contribution in [2.45, 2.75) is 51.2 Å². The Kier molecular flexibility index (Phi) is 5.60. The van der Waals surface area contributed by atoms with Crippen LogP contribution >= 0.6 is 0 Å². The van der Waals surface area contributed by atoms with Gasteiger partial charge in [-0.05, 0) is 74.9 Å². The molecule has 31 heavy (non-hydrogen) atoms. The number of aliphatic hydroxyl groups excluding tert-OH is 1. The molecule has 4 rings (SSSR count). The van der Waals surface area contributed by atoms with Gasteiger partial charge >= 0.3 is 5.97 Å². The maximum Gasteiger partial charge on any atom is 0.334 e. The number of aliphatic hydroxyl groups is 1. The lowest BCUT2D eigenvalue weighted by Crippen LogP contribution is -2.51. The Morgan fingerprint density at radius 2 is 2.03 bits per heavy atom. The van der Waals surface area contributed by atoms with Gasteiger partial charge in [-0.1, -0.05) is 24.3 Å². The normalized spacial score (nSPS) is 23.8. The molecule has 1 aliphatic heterocycles. The third-order valence-electron chi connectivity index (χ3n) is 6.32. The number of esters is 1. The van der Waals surface area contributed by atoms with Crippen LogP contribution in [0, 0.1) is 17.2 Å². The highest BCUT2D eigenvalue weighted by molar-refractivity contribution is 5.94. The number of hydrogen-bond acceptors (Lipinski definition) is 5. The highest BCUT2D eigenvalue weighted by Crippen LogP contribution is 2.48. The smallest absolute Gasteiger partial charge is 0.334 e. The van der Waals surface area contributed by atoms with Gasteiger partial charge < -0.3 is 14.6 Å². The van der Waals surface area contributed by atoms with Crippen LogP contribution in [0.2, 0.25) is 0 Å². The second-order valence-electron chi connectivity index (χ2n) is 8.80. The first-order valence-electron chi connectivity index (χ1n) is 10.7. The lowest BCUT2D eigenvalue weighted by atomic mass is 9.70. The van der Waals surface area contributed by atoms with Crippen molar-refractivity contribution in [1.82, 2.24) is 0 Å². The fraction of sp³-hybridized carbons (Fsp3) is 0.385. The van der Waals surface area contributed by atoms with Crippen LogP contribution in [0.4, 0.5) is 0 Å². The number of hydrogen-bond donors (Lipinski definition) is 1. The quantitative estimate of drug-likeness (QED) is 0.750. The number of fused-ring (bicyclic) bond motifs is 2. The monoisotopic (exact) mass is 417 g/mol. The van der Waals surface area contributed by atoms with Crippen LogP contribution in [-0.2, 0) is 16.0 Å². The van der Waals surface area contributed by atoms with E-state index in [0.717, 1.165) is 16.7 Å². The van der Waals surface area contributed by atoms with Gasteiger partial charge in [0, 0.05) is 17.1 Å². The molecule has 2 aromatic carbocycles. The zero-order valence-electron chi connectivity index (χ0n) is 18.1. The first kappa shape index (κ1) is 21.1. The van der Waals surface area contributed by atoms with E-state index in [4.69, 9.17) is 9.47 Å². The minimum atomic E-state index is -0.800. The van der Waals surface area contributed by atoms with Crippen molar-refractivity contribution in [3.63, 3.8) is 0 Å². The molecule has 1 heterocycles. The van der Waals surface area contributed by atoms with Crippen LogP contribution in [0.15, 0.2) is 48.0 Å². The summed E-state index contributed by atoms with van der Waals surface area (Å²) in [5.74, 6) is -0.00397. The maximum atomic E-state index is 12.7. The Balaban J connectivity index is 1.83. The molecule has 0 fully saturated rings. The van der Waals surface area contributed by atoms with Crippen molar-refractivity contribution in [1.29, 1.82) is 5.26 Å². The van der Waals surface area contributed by atoms with E-state index in [-0.39, 0.29) is 17.8 Å². The molecule has 2 aliphatic rings. The van der Waals surface area contributed by atoms with Crippen molar-refractivity contribution >= 4 is 12.0 Å². The molecule has 3 atom stereocenters. The second-order valence-corrected chi connectivity index (χ2v) is 8.80. The standard InChI is InChI=1S/C26H27NO4/c1-4-30-25(29)20-13-18-8-6-5-7-17(18)12-19(14-20)23-21-11-16(15-27)9-10-22(21)31-26(2,3)24(23)28/h5-11,13,19,23-24,28H,4,12,14H2,1-3H3/t19?,23-,24+/m1/s1. The van der Waals surface area contributed by atoms with E-state index in [0.29, 0.717) is 36.3 Å². The van der Waals surface area contributed by atoms with Gasteiger partial charge in [-0.15, -0.1) is 0 Å². The average Bonchev–Trinajstić information content (AvgIpc) is 2.94. The second kappa shape index (κ2) is 8.20. The van der Waals surface area contributed by atoms with Crippen molar-refractivity contribution in [2.75, 3.05) is 6.61 Å². The van der Waals surface area contributed by atoms with Crippen LogP contribution in [-0.4, -0.2) is 29.4 Å². The lowest BCUT2D eigenvalue weighted by molar-refractivity contribution is -0.138. The number of carbonyl (C=O) groups is 1. The van der Waals surface area contributed by atoms with Gasteiger partial charge in [-0.25, -0.2) is 4.79 Å². The molecule has 0 amide bonds. The Morgan fingerprint density at radius 1 is 1.26 bits per heavy atom. The molecule has 1 unspecified atom stereocenters. The molecule has 2 aromatic rings. The Hall–Kier alpha value is -3.10. The van der Waals surface area contributed by atoms with E-state index >= 15 is 0 Å². The molecule has 0 saturated carbocycles. The fourth-order valence-corrected chi connectivity index (χ4v) is 4.79. The number of ether oxygens (including phenoxy) is 2. The SMILES string of the molecule is CCOC(=O)C1=Cc2ccccc2CC([C@@H]2c3cc(C#N)ccc3OC(C)(C)[C@H]2O)C1. The van der Waals surface area contributed by atoms with Crippen molar-refractivity contribution in [2.24, 2.45) is 5.92 Å². The summed E-state index contributed by atoms with van der Waals surface area (Å²) in [4.78, 5) is 12.7. The van der Waals surface area contributed by atoms with Gasteiger partial charge in [0.15, 0.2) is 0 Å². The number of carbonyl (C=O) groups excluding carboxylic acids is 1. The Labute approximate surface area is 182 Å². The predicted octanol–water partition coefficient (Wildman–Crippen LogP) is 4.38. The van der Waals surface area contributed by atoms with Crippen LogP contribution < -0.4 is 4.74 Å². The van der Waals surface area contributed by atoms with Crippen LogP contribution in [0.3, 0.4) is 0 Å². The summed E-state index contributed by atoms with van der Waals surface area (Å²) in [6.07, 6.45) is 2.29. The van der Waals surface area contributed by atoms with Gasteiger partial charge in [-0.2, -0.15) is 5.26 Å². The number of nitriles is 1. The van der Waals surface area contributed by atoms with Crippen molar-refractivity contribution in [3.8, 4) is 11.8 Å². The first-order valence-corrected chi connectivity index (χ1v) is 10.7. The minimum Gasteiger partial charge on any atom is -0.485 e. The number of benzene rings is 2. The lowest BCUT2D eigenvalue weighted by Gasteiger charge is -2.45. The molecule has 0 aromatic heterocycles. The van der Waals surface area contributed by atoms with Gasteiger partial charge in [0.1, 0.15) is 17.5 Å². The molecule has 0 radical (unpaired) electrons. The van der Waals surface area contributed by atoms with Gasteiger partial charge in [0.25, 0.3) is 0 Å². The molecule has 0 saturated heterocycles. The van der Waals surface area contributed by atoms with E-state index in [9.17, 15) is 15.2 Å². The molecule has 0 bridgehead atoms. The predicted molar refractivity (Wildman–Crippen MR) is 117 cm³/mol. The van der Waals surface area contributed by atoms with Crippen molar-refractivity contribution < 1.29 is 19.4 Å². The minimum absolute atomic E-state index is 0.0647. The topological polar surface area (TPSA) is 79.6 Å². The van der Waals surface area contributed by atoms with E-state index in [1.165, 1.54) is 0 Å². The van der Waals surface area contributed by atoms with Crippen LogP contribution in [0.1, 0.15) is 55.4 Å². The number of nitrogens with zero attached hydrogens (tertiary/aromatic N) is 1. The Morgan fingerprint density at radius 3 is 2.77 bits per heavy atom. The van der Waals surface area contributed by atoms with E-state index < -0.39 is 11.7 Å². The highest BCUT2D eigenvalue weighted by Gasteiger charge is 2.46. The van der Waals surface area contributed by atoms with Crippen molar-refractivity contribution in [3.05, 3.63) is 70.3 Å². The molecule has 160 valence electrons.